The summed E-state index contributed by atoms with van der Waals surface area (Å²) in [5, 5.41) is -0.115. The van der Waals surface area contributed by atoms with Crippen LogP contribution in [-0.2, 0) is 34.9 Å². The van der Waals surface area contributed by atoms with Crippen LogP contribution in [0, 0.1) is 11.8 Å². The Morgan fingerprint density at radius 2 is 2.10 bits per heavy atom. The van der Waals surface area contributed by atoms with E-state index in [1.54, 1.807) is 6.07 Å². The molecular weight excluding hydrogens is 464 g/mol. The molecule has 2 fully saturated rings. The van der Waals surface area contributed by atoms with E-state index >= 15 is 0 Å². The molecule has 0 radical (unpaired) electrons. The zero-order chi connectivity index (χ0) is 22.4. The summed E-state index contributed by atoms with van der Waals surface area (Å²) in [4.78, 5) is 13.3. The first-order valence-electron chi connectivity index (χ1n) is 10.7. The molecule has 31 heavy (non-hydrogen) atoms. The summed E-state index contributed by atoms with van der Waals surface area (Å²) >= 11 is 8.13. The molecule has 1 saturated carbocycles. The number of carbonyl (C=O) groups excluding carboxylic acids is 1. The van der Waals surface area contributed by atoms with Crippen LogP contribution < -0.4 is 0 Å². The summed E-state index contributed by atoms with van der Waals surface area (Å²) in [6.45, 7) is 0.750. The summed E-state index contributed by atoms with van der Waals surface area (Å²) in [5.74, 6) is -0.357. The molecule has 1 aliphatic heterocycles. The smallest absolute Gasteiger partial charge is 0.348 e. The van der Waals surface area contributed by atoms with Gasteiger partial charge in [-0.05, 0) is 63.0 Å². The Balaban J connectivity index is 1.60. The van der Waals surface area contributed by atoms with E-state index in [2.05, 4.69) is 0 Å². The van der Waals surface area contributed by atoms with Crippen LogP contribution in [0.4, 0.5) is 0 Å². The van der Waals surface area contributed by atoms with Gasteiger partial charge in [0.15, 0.2) is 6.29 Å². The second-order valence-electron chi connectivity index (χ2n) is 8.19. The molecule has 2 aliphatic rings. The Morgan fingerprint density at radius 3 is 2.77 bits per heavy atom. The van der Waals surface area contributed by atoms with Crippen LogP contribution in [0.3, 0.4) is 0 Å². The van der Waals surface area contributed by atoms with E-state index in [1.807, 2.05) is 6.07 Å². The van der Waals surface area contributed by atoms with E-state index < -0.39 is 10.1 Å². The van der Waals surface area contributed by atoms with Crippen LogP contribution in [0.2, 0.25) is 0 Å². The third-order valence-corrected chi connectivity index (χ3v) is 8.09. The average Bonchev–Trinajstić information content (AvgIpc) is 3.31. The van der Waals surface area contributed by atoms with Gasteiger partial charge >= 0.3 is 5.97 Å². The van der Waals surface area contributed by atoms with Crippen molar-refractivity contribution in [1.82, 2.24) is 0 Å². The molecule has 7 nitrogen and oxygen atoms in total. The highest BCUT2D eigenvalue weighted by atomic mass is 35.5. The van der Waals surface area contributed by atoms with E-state index in [0.29, 0.717) is 17.9 Å². The van der Waals surface area contributed by atoms with Gasteiger partial charge in [0.2, 0.25) is 0 Å². The molecule has 0 spiro atoms. The first-order valence-corrected chi connectivity index (χ1v) is 13.8. The normalized spacial score (nSPS) is 29.2. The number of ether oxygens (including phenoxy) is 3. The second kappa shape index (κ2) is 11.4. The Labute approximate surface area is 193 Å². The molecule has 5 atom stereocenters. The monoisotopic (exact) mass is 494 g/mol. The van der Waals surface area contributed by atoms with Crippen LogP contribution in [0.25, 0.3) is 0 Å². The highest BCUT2D eigenvalue weighted by Gasteiger charge is 2.44. The first kappa shape index (κ1) is 24.9. The van der Waals surface area contributed by atoms with Gasteiger partial charge in [-0.15, -0.1) is 22.9 Å². The van der Waals surface area contributed by atoms with Crippen molar-refractivity contribution >= 4 is 39.0 Å². The fourth-order valence-electron chi connectivity index (χ4n) is 4.35. The van der Waals surface area contributed by atoms with Crippen LogP contribution in [0.15, 0.2) is 12.1 Å². The molecule has 0 N–H and O–H groups in total. The molecule has 1 aromatic rings. The first-order chi connectivity index (χ1) is 14.8. The second-order valence-corrected chi connectivity index (χ2v) is 11.6. The predicted molar refractivity (Wildman–Crippen MR) is 119 cm³/mol. The minimum atomic E-state index is -3.55. The maximum Gasteiger partial charge on any atom is 0.348 e. The SMILES string of the molecule is COC(=O)c1ccc(CCC[C@@H]2[C@@H](COS(C)(=O)=O)[C@H](OC3CCCCO3)C[C@H]2Cl)s1. The standard InChI is InChI=1S/C21H31ClO7S2/c1-26-21(23)19-10-9-14(30-19)6-5-7-15-16(13-28-31(2,24)25)18(12-17(15)22)29-20-8-3-4-11-27-20/h9-10,15-18,20H,3-8,11-13H2,1-2H3/t15-,16-,17-,18-,20?/m1/s1. The Morgan fingerprint density at radius 1 is 1.29 bits per heavy atom. The van der Waals surface area contributed by atoms with Crippen LogP contribution in [-0.4, -0.2) is 58.7 Å². The summed E-state index contributed by atoms with van der Waals surface area (Å²) in [5.41, 5.74) is 0. The van der Waals surface area contributed by atoms with E-state index in [-0.39, 0.29) is 42.2 Å². The highest BCUT2D eigenvalue weighted by molar-refractivity contribution is 7.85. The fourth-order valence-corrected chi connectivity index (χ4v) is 6.21. The van der Waals surface area contributed by atoms with Crippen molar-refractivity contribution in [2.24, 2.45) is 11.8 Å². The van der Waals surface area contributed by atoms with Gasteiger partial charge in [0.1, 0.15) is 4.88 Å². The minimum absolute atomic E-state index is 0.0651. The molecule has 1 saturated heterocycles. The Hall–Kier alpha value is -0.710. The predicted octanol–water partition coefficient (Wildman–Crippen LogP) is 3.99. The van der Waals surface area contributed by atoms with Gasteiger partial charge in [-0.3, -0.25) is 4.18 Å². The van der Waals surface area contributed by atoms with Crippen molar-refractivity contribution in [3.05, 3.63) is 21.9 Å². The van der Waals surface area contributed by atoms with Gasteiger partial charge < -0.3 is 14.2 Å². The van der Waals surface area contributed by atoms with Crippen molar-refractivity contribution in [2.45, 2.75) is 62.7 Å². The topological polar surface area (TPSA) is 88.1 Å². The molecule has 3 rings (SSSR count). The quantitative estimate of drug-likeness (QED) is 0.276. The van der Waals surface area contributed by atoms with Gasteiger partial charge in [-0.1, -0.05) is 0 Å². The number of alkyl halides is 1. The van der Waals surface area contributed by atoms with Crippen LogP contribution in [0.1, 0.15) is 53.1 Å². The van der Waals surface area contributed by atoms with Crippen molar-refractivity contribution in [3.8, 4) is 0 Å². The number of methoxy groups -OCH3 is 1. The van der Waals surface area contributed by atoms with Gasteiger partial charge in [0.25, 0.3) is 10.1 Å². The van der Waals surface area contributed by atoms with Gasteiger partial charge in [0, 0.05) is 22.8 Å². The van der Waals surface area contributed by atoms with Gasteiger partial charge in [0.05, 0.1) is 26.1 Å². The molecule has 176 valence electrons. The maximum absolute atomic E-state index is 11.6. The molecular formula is C21H31ClO7S2. The largest absolute Gasteiger partial charge is 0.465 e. The molecule has 0 aromatic carbocycles. The average molecular weight is 495 g/mol. The lowest BCUT2D eigenvalue weighted by molar-refractivity contribution is -0.197. The van der Waals surface area contributed by atoms with Crippen LogP contribution >= 0.6 is 22.9 Å². The number of carbonyl (C=O) groups is 1. The number of hydrogen-bond donors (Lipinski definition) is 0. The number of esters is 1. The number of rotatable bonds is 10. The zero-order valence-electron chi connectivity index (χ0n) is 18.0. The lowest BCUT2D eigenvalue weighted by atomic mass is 9.90. The lowest BCUT2D eigenvalue weighted by Crippen LogP contribution is -2.34. The molecule has 0 amide bonds. The third kappa shape index (κ3) is 7.40. The molecule has 1 aliphatic carbocycles. The molecule has 10 heteroatoms. The summed E-state index contributed by atoms with van der Waals surface area (Å²) in [7, 11) is -2.18. The van der Waals surface area contributed by atoms with Crippen molar-refractivity contribution in [3.63, 3.8) is 0 Å². The van der Waals surface area contributed by atoms with Crippen molar-refractivity contribution < 1.29 is 31.6 Å². The van der Waals surface area contributed by atoms with E-state index in [0.717, 1.165) is 49.7 Å². The number of thiophene rings is 1. The summed E-state index contributed by atoms with van der Waals surface area (Å²) in [6, 6.07) is 3.73. The number of aryl methyl sites for hydroxylation is 1. The lowest BCUT2D eigenvalue weighted by Gasteiger charge is -2.30. The summed E-state index contributed by atoms with van der Waals surface area (Å²) < 4.78 is 45.0. The zero-order valence-corrected chi connectivity index (χ0v) is 20.3. The van der Waals surface area contributed by atoms with Crippen LogP contribution in [0.5, 0.6) is 0 Å². The molecule has 0 bridgehead atoms. The highest BCUT2D eigenvalue weighted by Crippen LogP contribution is 2.42. The van der Waals surface area contributed by atoms with Crippen molar-refractivity contribution in [1.29, 1.82) is 0 Å². The van der Waals surface area contributed by atoms with E-state index in [1.165, 1.54) is 18.4 Å². The fraction of sp³-hybridized carbons (Fsp3) is 0.762. The molecule has 1 unspecified atom stereocenters. The van der Waals surface area contributed by atoms with Gasteiger partial charge in [-0.25, -0.2) is 4.79 Å². The molecule has 2 heterocycles. The van der Waals surface area contributed by atoms with Crippen molar-refractivity contribution in [2.75, 3.05) is 26.6 Å². The number of halogens is 1. The summed E-state index contributed by atoms with van der Waals surface area (Å²) in [6.07, 6.45) is 6.71. The Bertz CT molecular complexity index is 819. The van der Waals surface area contributed by atoms with E-state index in [4.69, 9.17) is 30.0 Å². The maximum atomic E-state index is 11.6. The third-order valence-electron chi connectivity index (χ3n) is 5.90. The molecule has 1 aromatic heterocycles. The number of hydrogen-bond acceptors (Lipinski definition) is 8. The minimum Gasteiger partial charge on any atom is -0.465 e. The Kier molecular flexibility index (Phi) is 9.19. The van der Waals surface area contributed by atoms with E-state index in [9.17, 15) is 13.2 Å². The van der Waals surface area contributed by atoms with Gasteiger partial charge in [-0.2, -0.15) is 8.42 Å².